The zero-order valence-electron chi connectivity index (χ0n) is 21.7. The van der Waals surface area contributed by atoms with Crippen molar-refractivity contribution in [2.24, 2.45) is 0 Å². The van der Waals surface area contributed by atoms with Gasteiger partial charge in [-0.25, -0.2) is 13.1 Å². The van der Waals surface area contributed by atoms with E-state index < -0.39 is 10.0 Å². The summed E-state index contributed by atoms with van der Waals surface area (Å²) in [5, 5.41) is 4.90. The molecule has 0 radical (unpaired) electrons. The zero-order chi connectivity index (χ0) is 25.7. The number of sulfonamides is 1. The Morgan fingerprint density at radius 3 is 2.25 bits per heavy atom. The summed E-state index contributed by atoms with van der Waals surface area (Å²) in [7, 11) is -2.14. The van der Waals surface area contributed by atoms with Gasteiger partial charge in [0, 0.05) is 51.9 Å². The second-order valence-corrected chi connectivity index (χ2v) is 11.1. The fraction of sp³-hybridized carbons (Fsp3) is 0.444. The van der Waals surface area contributed by atoms with Crippen LogP contribution in [0.4, 0.5) is 5.82 Å². The molecule has 36 heavy (non-hydrogen) atoms. The van der Waals surface area contributed by atoms with E-state index in [0.29, 0.717) is 6.61 Å². The van der Waals surface area contributed by atoms with E-state index in [1.54, 1.807) is 19.2 Å². The number of nitrogens with zero attached hydrogens (tertiary/aromatic N) is 5. The number of benzene rings is 2. The summed E-state index contributed by atoms with van der Waals surface area (Å²) >= 11 is 0. The summed E-state index contributed by atoms with van der Waals surface area (Å²) in [5.41, 5.74) is 3.74. The molecular formula is C27H37N5O3S. The van der Waals surface area contributed by atoms with Crippen molar-refractivity contribution in [2.45, 2.75) is 32.2 Å². The third kappa shape index (κ3) is 5.64. The minimum Gasteiger partial charge on any atom is -0.383 e. The monoisotopic (exact) mass is 511 g/mol. The number of hydrogen-bond acceptors (Lipinski definition) is 6. The van der Waals surface area contributed by atoms with E-state index in [1.807, 2.05) is 61.0 Å². The topological polar surface area (TPSA) is 70.9 Å². The van der Waals surface area contributed by atoms with E-state index in [4.69, 9.17) is 9.84 Å². The number of rotatable bonds is 10. The first-order valence-corrected chi connectivity index (χ1v) is 14.0. The lowest BCUT2D eigenvalue weighted by Crippen LogP contribution is -2.47. The number of para-hydroxylation sites is 1. The van der Waals surface area contributed by atoms with Crippen molar-refractivity contribution in [1.29, 1.82) is 0 Å². The molecule has 1 fully saturated rings. The van der Waals surface area contributed by atoms with Crippen LogP contribution in [-0.4, -0.2) is 80.4 Å². The Hall–Kier alpha value is -2.72. The molecule has 0 amide bonds. The highest BCUT2D eigenvalue weighted by molar-refractivity contribution is 7.89. The van der Waals surface area contributed by atoms with E-state index in [9.17, 15) is 8.42 Å². The molecule has 8 nitrogen and oxygen atoms in total. The van der Waals surface area contributed by atoms with E-state index in [1.165, 1.54) is 4.31 Å². The highest BCUT2D eigenvalue weighted by atomic mass is 32.2. The second-order valence-electron chi connectivity index (χ2n) is 9.20. The molecule has 0 N–H and O–H groups in total. The molecule has 9 heteroatoms. The number of likely N-dealkylation sites (N-methyl/N-ethyl adjacent to an activating group) is 1. The highest BCUT2D eigenvalue weighted by Gasteiger charge is 2.30. The summed E-state index contributed by atoms with van der Waals surface area (Å²) in [4.78, 5) is 5.07. The van der Waals surface area contributed by atoms with Crippen LogP contribution < -0.4 is 4.90 Å². The lowest BCUT2D eigenvalue weighted by atomic mass is 10.2. The van der Waals surface area contributed by atoms with Crippen molar-refractivity contribution >= 4 is 15.8 Å². The van der Waals surface area contributed by atoms with E-state index in [0.717, 1.165) is 61.0 Å². The Morgan fingerprint density at radius 2 is 1.64 bits per heavy atom. The van der Waals surface area contributed by atoms with Gasteiger partial charge in [0.05, 0.1) is 22.9 Å². The Labute approximate surface area is 215 Å². The van der Waals surface area contributed by atoms with Crippen molar-refractivity contribution < 1.29 is 13.2 Å². The molecule has 1 aliphatic heterocycles. The molecule has 4 rings (SSSR count). The lowest BCUT2D eigenvalue weighted by molar-refractivity contribution is 0.177. The van der Waals surface area contributed by atoms with Gasteiger partial charge in [0.15, 0.2) is 0 Å². The van der Waals surface area contributed by atoms with Crippen molar-refractivity contribution in [1.82, 2.24) is 19.0 Å². The second kappa shape index (κ2) is 11.6. The van der Waals surface area contributed by atoms with Gasteiger partial charge in [-0.15, -0.1) is 0 Å². The minimum atomic E-state index is -3.73. The smallest absolute Gasteiger partial charge is 0.243 e. The molecule has 1 saturated heterocycles. The third-order valence-corrected chi connectivity index (χ3v) is 8.67. The predicted molar refractivity (Wildman–Crippen MR) is 143 cm³/mol. The standard InChI is InChI=1S/C27H37N5O3S/c1-5-29-15-17-30(18-16-29)27-26(23(3)28-32(27)24-9-7-6-8-10-24)21-31(19-20-35-4)36(33,34)25-13-11-22(2)12-14-25/h6-14H,5,15-21H2,1-4H3. The van der Waals surface area contributed by atoms with Crippen molar-refractivity contribution in [3.05, 3.63) is 71.4 Å². The van der Waals surface area contributed by atoms with Crippen LogP contribution in [0, 0.1) is 13.8 Å². The molecule has 194 valence electrons. The van der Waals surface area contributed by atoms with Crippen LogP contribution in [0.25, 0.3) is 5.69 Å². The summed E-state index contributed by atoms with van der Waals surface area (Å²) in [6, 6.07) is 17.1. The van der Waals surface area contributed by atoms with Crippen molar-refractivity contribution in [2.75, 3.05) is 57.9 Å². The van der Waals surface area contributed by atoms with Crippen LogP contribution in [-0.2, 0) is 21.3 Å². The van der Waals surface area contributed by atoms with Gasteiger partial charge in [0.25, 0.3) is 0 Å². The molecule has 0 bridgehead atoms. The highest BCUT2D eigenvalue weighted by Crippen LogP contribution is 2.31. The largest absolute Gasteiger partial charge is 0.383 e. The average molecular weight is 512 g/mol. The first-order chi connectivity index (χ1) is 17.3. The predicted octanol–water partition coefficient (Wildman–Crippen LogP) is 3.47. The molecule has 0 atom stereocenters. The lowest BCUT2D eigenvalue weighted by Gasteiger charge is -2.36. The summed E-state index contributed by atoms with van der Waals surface area (Å²) in [6.07, 6.45) is 0. The van der Waals surface area contributed by atoms with Crippen LogP contribution in [0.5, 0.6) is 0 Å². The normalized spacial score (nSPS) is 15.1. The van der Waals surface area contributed by atoms with Crippen molar-refractivity contribution in [3.63, 3.8) is 0 Å². The molecule has 0 aliphatic carbocycles. The van der Waals surface area contributed by atoms with Gasteiger partial charge in [0.1, 0.15) is 5.82 Å². The number of piperazine rings is 1. The van der Waals surface area contributed by atoms with E-state index in [-0.39, 0.29) is 18.0 Å². The van der Waals surface area contributed by atoms with Crippen LogP contribution in [0.2, 0.25) is 0 Å². The van der Waals surface area contributed by atoms with Crippen LogP contribution in [0.1, 0.15) is 23.7 Å². The molecule has 2 heterocycles. The SMILES string of the molecule is CCN1CCN(c2c(CN(CCOC)S(=O)(=O)c3ccc(C)cc3)c(C)nn2-c2ccccc2)CC1. The molecule has 0 unspecified atom stereocenters. The van der Waals surface area contributed by atoms with Gasteiger partial charge in [0.2, 0.25) is 10.0 Å². The number of aryl methyl sites for hydroxylation is 2. The Balaban J connectivity index is 1.76. The average Bonchev–Trinajstić information content (AvgIpc) is 3.22. The van der Waals surface area contributed by atoms with E-state index in [2.05, 4.69) is 16.7 Å². The first kappa shape index (κ1) is 26.3. The fourth-order valence-electron chi connectivity index (χ4n) is 4.60. The van der Waals surface area contributed by atoms with Crippen LogP contribution >= 0.6 is 0 Å². The molecule has 0 saturated carbocycles. The van der Waals surface area contributed by atoms with E-state index >= 15 is 0 Å². The maximum atomic E-state index is 13.7. The van der Waals surface area contributed by atoms with Crippen LogP contribution in [0.15, 0.2) is 59.5 Å². The Bertz CT molecular complexity index is 1230. The van der Waals surface area contributed by atoms with Crippen LogP contribution in [0.3, 0.4) is 0 Å². The van der Waals surface area contributed by atoms with Gasteiger partial charge in [-0.3, -0.25) is 0 Å². The maximum absolute atomic E-state index is 13.7. The summed E-state index contributed by atoms with van der Waals surface area (Å²) in [6.45, 7) is 11.6. The number of aromatic nitrogens is 2. The van der Waals surface area contributed by atoms with Gasteiger partial charge < -0.3 is 14.5 Å². The number of ether oxygens (including phenoxy) is 1. The van der Waals surface area contributed by atoms with Gasteiger partial charge in [-0.1, -0.05) is 42.8 Å². The van der Waals surface area contributed by atoms with Gasteiger partial charge >= 0.3 is 0 Å². The molecule has 1 aromatic heterocycles. The Morgan fingerprint density at radius 1 is 0.972 bits per heavy atom. The number of hydrogen-bond donors (Lipinski definition) is 0. The number of methoxy groups -OCH3 is 1. The minimum absolute atomic E-state index is 0.224. The molecule has 1 aliphatic rings. The molecular weight excluding hydrogens is 474 g/mol. The fourth-order valence-corrected chi connectivity index (χ4v) is 5.99. The van der Waals surface area contributed by atoms with Crippen molar-refractivity contribution in [3.8, 4) is 5.69 Å². The molecule has 3 aromatic rings. The first-order valence-electron chi connectivity index (χ1n) is 12.5. The summed E-state index contributed by atoms with van der Waals surface area (Å²) < 4.78 is 36.3. The number of anilines is 1. The summed E-state index contributed by atoms with van der Waals surface area (Å²) in [5.74, 6) is 0.968. The maximum Gasteiger partial charge on any atom is 0.243 e. The van der Waals surface area contributed by atoms with Gasteiger partial charge in [-0.2, -0.15) is 9.40 Å². The zero-order valence-corrected chi connectivity index (χ0v) is 22.5. The quantitative estimate of drug-likeness (QED) is 0.415. The Kier molecular flexibility index (Phi) is 8.46. The van der Waals surface area contributed by atoms with Gasteiger partial charge in [-0.05, 0) is 44.7 Å². The molecule has 0 spiro atoms. The third-order valence-electron chi connectivity index (χ3n) is 6.82. The molecule has 2 aromatic carbocycles.